The van der Waals surface area contributed by atoms with Crippen molar-refractivity contribution in [1.82, 2.24) is 3.97 Å². The normalized spacial score (nSPS) is 11.6. The molecule has 0 unspecified atom stereocenters. The van der Waals surface area contributed by atoms with Crippen LogP contribution < -0.4 is 0 Å². The molecular formula is C18H16FNO2S2. The standard InChI is InChI=1S/C18H16FNO2S2/c1-13-10-18(16-8-3-4-9-17(16)19)20(12-13)24(21,22)15-7-5-6-14(11-15)23-2/h3-12H,1-2H3. The Morgan fingerprint density at radius 3 is 2.50 bits per heavy atom. The van der Waals surface area contributed by atoms with Gasteiger partial charge in [0, 0.05) is 16.7 Å². The highest BCUT2D eigenvalue weighted by Gasteiger charge is 2.22. The zero-order chi connectivity index (χ0) is 17.3. The Morgan fingerprint density at radius 1 is 1.04 bits per heavy atom. The van der Waals surface area contributed by atoms with E-state index >= 15 is 0 Å². The van der Waals surface area contributed by atoms with Crippen LogP contribution in [0.1, 0.15) is 5.56 Å². The zero-order valence-electron chi connectivity index (χ0n) is 13.2. The van der Waals surface area contributed by atoms with Gasteiger partial charge in [-0.3, -0.25) is 0 Å². The Balaban J connectivity index is 2.21. The van der Waals surface area contributed by atoms with E-state index in [-0.39, 0.29) is 10.5 Å². The molecule has 0 radical (unpaired) electrons. The van der Waals surface area contributed by atoms with Gasteiger partial charge in [-0.1, -0.05) is 18.2 Å². The second-order valence-electron chi connectivity index (χ2n) is 5.36. The lowest BCUT2D eigenvalue weighted by Gasteiger charge is -2.12. The van der Waals surface area contributed by atoms with Gasteiger partial charge in [-0.15, -0.1) is 11.8 Å². The first kappa shape index (κ1) is 16.8. The Hall–Kier alpha value is -2.05. The Kier molecular flexibility index (Phi) is 4.51. The van der Waals surface area contributed by atoms with Gasteiger partial charge in [0.1, 0.15) is 5.82 Å². The number of halogens is 1. The number of hydrogen-bond acceptors (Lipinski definition) is 3. The predicted octanol–water partition coefficient (Wildman–Crippen LogP) is 4.56. The molecule has 2 aromatic carbocycles. The molecule has 3 nitrogen and oxygen atoms in total. The summed E-state index contributed by atoms with van der Waals surface area (Å²) in [6.07, 6.45) is 3.40. The highest BCUT2D eigenvalue weighted by Crippen LogP contribution is 2.29. The van der Waals surface area contributed by atoms with Gasteiger partial charge in [0.25, 0.3) is 10.0 Å². The van der Waals surface area contributed by atoms with Gasteiger partial charge in [0.05, 0.1) is 10.6 Å². The lowest BCUT2D eigenvalue weighted by molar-refractivity contribution is 0.587. The molecule has 0 atom stereocenters. The Bertz CT molecular complexity index is 994. The van der Waals surface area contributed by atoms with E-state index in [1.54, 1.807) is 49.4 Å². The number of aromatic nitrogens is 1. The van der Waals surface area contributed by atoms with Crippen LogP contribution in [0.3, 0.4) is 0 Å². The molecule has 6 heteroatoms. The van der Waals surface area contributed by atoms with E-state index in [0.29, 0.717) is 5.69 Å². The number of nitrogens with zero attached hydrogens (tertiary/aromatic N) is 1. The number of rotatable bonds is 4. The third-order valence-electron chi connectivity index (χ3n) is 3.67. The molecular weight excluding hydrogens is 345 g/mol. The third kappa shape index (κ3) is 2.99. The fourth-order valence-electron chi connectivity index (χ4n) is 2.51. The molecule has 0 saturated heterocycles. The molecule has 1 heterocycles. The average molecular weight is 361 g/mol. The summed E-state index contributed by atoms with van der Waals surface area (Å²) >= 11 is 1.47. The third-order valence-corrected chi connectivity index (χ3v) is 6.07. The summed E-state index contributed by atoms with van der Waals surface area (Å²) in [4.78, 5) is 1.04. The molecule has 0 amide bonds. The van der Waals surface area contributed by atoms with Crippen LogP contribution in [0.2, 0.25) is 0 Å². The molecule has 0 N–H and O–H groups in total. The largest absolute Gasteiger partial charge is 0.268 e. The number of thioether (sulfide) groups is 1. The van der Waals surface area contributed by atoms with Crippen molar-refractivity contribution in [2.45, 2.75) is 16.7 Å². The van der Waals surface area contributed by atoms with Gasteiger partial charge in [0.15, 0.2) is 0 Å². The van der Waals surface area contributed by atoms with Crippen LogP contribution in [-0.2, 0) is 10.0 Å². The first-order chi connectivity index (χ1) is 11.4. The van der Waals surface area contributed by atoms with Gasteiger partial charge < -0.3 is 0 Å². The van der Waals surface area contributed by atoms with Crippen LogP contribution in [0.4, 0.5) is 4.39 Å². The summed E-state index contributed by atoms with van der Waals surface area (Å²) in [5.41, 5.74) is 1.33. The molecule has 124 valence electrons. The molecule has 0 fully saturated rings. The zero-order valence-corrected chi connectivity index (χ0v) is 14.9. The summed E-state index contributed by atoms with van der Waals surface area (Å²) in [7, 11) is -3.81. The molecule has 3 rings (SSSR count). The van der Waals surface area contributed by atoms with Gasteiger partial charge in [0.2, 0.25) is 0 Å². The lowest BCUT2D eigenvalue weighted by atomic mass is 10.1. The predicted molar refractivity (Wildman–Crippen MR) is 95.4 cm³/mol. The van der Waals surface area contributed by atoms with E-state index in [1.165, 1.54) is 24.0 Å². The molecule has 0 saturated carbocycles. The Labute approximate surface area is 145 Å². The van der Waals surface area contributed by atoms with Crippen molar-refractivity contribution < 1.29 is 12.8 Å². The monoisotopic (exact) mass is 361 g/mol. The molecule has 0 spiro atoms. The average Bonchev–Trinajstić information content (AvgIpc) is 2.98. The van der Waals surface area contributed by atoms with E-state index in [0.717, 1.165) is 14.4 Å². The van der Waals surface area contributed by atoms with Crippen LogP contribution in [0.15, 0.2) is 70.6 Å². The highest BCUT2D eigenvalue weighted by atomic mass is 32.2. The fraction of sp³-hybridized carbons (Fsp3) is 0.111. The maximum Gasteiger partial charge on any atom is 0.268 e. The maximum atomic E-state index is 14.2. The topological polar surface area (TPSA) is 39.1 Å². The summed E-state index contributed by atoms with van der Waals surface area (Å²) in [6.45, 7) is 1.79. The van der Waals surface area contributed by atoms with Crippen molar-refractivity contribution in [3.05, 3.63) is 72.2 Å². The van der Waals surface area contributed by atoms with E-state index in [4.69, 9.17) is 0 Å². The smallest absolute Gasteiger partial charge is 0.241 e. The van der Waals surface area contributed by atoms with Gasteiger partial charge in [-0.05, 0) is 55.1 Å². The summed E-state index contributed by atoms with van der Waals surface area (Å²) < 4.78 is 41.4. The maximum absolute atomic E-state index is 14.2. The van der Waals surface area contributed by atoms with Crippen molar-refractivity contribution in [3.63, 3.8) is 0 Å². The van der Waals surface area contributed by atoms with Crippen molar-refractivity contribution >= 4 is 21.8 Å². The number of benzene rings is 2. The van der Waals surface area contributed by atoms with Crippen LogP contribution in [0, 0.1) is 12.7 Å². The van der Waals surface area contributed by atoms with E-state index in [9.17, 15) is 12.8 Å². The van der Waals surface area contributed by atoms with E-state index in [2.05, 4.69) is 0 Å². The number of aryl methyl sites for hydroxylation is 1. The van der Waals surface area contributed by atoms with Gasteiger partial charge in [-0.2, -0.15) is 0 Å². The van der Waals surface area contributed by atoms with E-state index in [1.807, 2.05) is 12.3 Å². The minimum atomic E-state index is -3.81. The summed E-state index contributed by atoms with van der Waals surface area (Å²) in [6, 6.07) is 14.6. The minimum absolute atomic E-state index is 0.183. The Morgan fingerprint density at radius 2 is 1.79 bits per heavy atom. The van der Waals surface area contributed by atoms with Gasteiger partial charge >= 0.3 is 0 Å². The summed E-state index contributed by atoms with van der Waals surface area (Å²) in [5, 5.41) is 0. The molecule has 0 aliphatic carbocycles. The first-order valence-corrected chi connectivity index (χ1v) is 9.93. The quantitative estimate of drug-likeness (QED) is 0.640. The van der Waals surface area contributed by atoms with Crippen LogP contribution in [-0.4, -0.2) is 18.6 Å². The van der Waals surface area contributed by atoms with Crippen molar-refractivity contribution in [3.8, 4) is 11.3 Å². The fourth-order valence-corrected chi connectivity index (χ4v) is 4.51. The lowest BCUT2D eigenvalue weighted by Crippen LogP contribution is -2.13. The molecule has 0 aliphatic rings. The molecule has 1 aromatic heterocycles. The second-order valence-corrected chi connectivity index (χ2v) is 8.06. The second kappa shape index (κ2) is 6.45. The SMILES string of the molecule is CSc1cccc(S(=O)(=O)n2cc(C)cc2-c2ccccc2F)c1. The van der Waals surface area contributed by atoms with E-state index < -0.39 is 15.8 Å². The molecule has 24 heavy (non-hydrogen) atoms. The molecule has 3 aromatic rings. The minimum Gasteiger partial charge on any atom is -0.241 e. The molecule has 0 aliphatic heterocycles. The first-order valence-electron chi connectivity index (χ1n) is 7.27. The van der Waals surface area contributed by atoms with Crippen molar-refractivity contribution in [2.75, 3.05) is 6.26 Å². The van der Waals surface area contributed by atoms with Crippen molar-refractivity contribution in [1.29, 1.82) is 0 Å². The van der Waals surface area contributed by atoms with Crippen LogP contribution >= 0.6 is 11.8 Å². The molecule has 0 bridgehead atoms. The van der Waals surface area contributed by atoms with Gasteiger partial charge in [-0.25, -0.2) is 16.8 Å². The van der Waals surface area contributed by atoms with Crippen LogP contribution in [0.25, 0.3) is 11.3 Å². The number of hydrogen-bond donors (Lipinski definition) is 0. The van der Waals surface area contributed by atoms with Crippen LogP contribution in [0.5, 0.6) is 0 Å². The van der Waals surface area contributed by atoms with Crippen molar-refractivity contribution in [2.24, 2.45) is 0 Å². The summed E-state index contributed by atoms with van der Waals surface area (Å²) in [5.74, 6) is -0.454. The highest BCUT2D eigenvalue weighted by molar-refractivity contribution is 7.98.